The van der Waals surface area contributed by atoms with Gasteiger partial charge in [-0.25, -0.2) is 0 Å². The van der Waals surface area contributed by atoms with Gasteiger partial charge in [0, 0.05) is 15.6 Å². The number of halogens is 2. The first-order valence-electron chi connectivity index (χ1n) is 6.45. The Morgan fingerprint density at radius 2 is 1.70 bits per heavy atom. The quantitative estimate of drug-likeness (QED) is 0.878. The largest absolute Gasteiger partial charge is 0.491 e. The van der Waals surface area contributed by atoms with E-state index in [1.807, 2.05) is 44.2 Å². The highest BCUT2D eigenvalue weighted by molar-refractivity contribution is 6.35. The summed E-state index contributed by atoms with van der Waals surface area (Å²) in [5.74, 6) is 0.779. The lowest BCUT2D eigenvalue weighted by atomic mass is 9.98. The van der Waals surface area contributed by atoms with Crippen LogP contribution in [-0.4, -0.2) is 6.10 Å². The molecule has 2 aromatic rings. The molecule has 0 fully saturated rings. The van der Waals surface area contributed by atoms with E-state index < -0.39 is 0 Å². The van der Waals surface area contributed by atoms with Crippen LogP contribution in [-0.2, 0) is 0 Å². The van der Waals surface area contributed by atoms with Crippen molar-refractivity contribution in [3.8, 4) is 5.75 Å². The Bertz CT molecular complexity index is 599. The van der Waals surface area contributed by atoms with Gasteiger partial charge in [-0.3, -0.25) is 0 Å². The van der Waals surface area contributed by atoms with Crippen molar-refractivity contribution in [2.45, 2.75) is 26.0 Å². The van der Waals surface area contributed by atoms with Gasteiger partial charge in [-0.2, -0.15) is 0 Å². The molecular weight excluding hydrogens is 293 g/mol. The molecule has 2 rings (SSSR count). The number of rotatable bonds is 4. The van der Waals surface area contributed by atoms with Crippen LogP contribution in [0.2, 0.25) is 10.0 Å². The lowest BCUT2D eigenvalue weighted by Crippen LogP contribution is -2.16. The zero-order valence-electron chi connectivity index (χ0n) is 11.4. The van der Waals surface area contributed by atoms with Gasteiger partial charge >= 0.3 is 0 Å². The van der Waals surface area contributed by atoms with Crippen LogP contribution < -0.4 is 10.5 Å². The van der Waals surface area contributed by atoms with Crippen molar-refractivity contribution in [3.63, 3.8) is 0 Å². The first-order chi connectivity index (χ1) is 9.49. The van der Waals surface area contributed by atoms with Gasteiger partial charge in [0.2, 0.25) is 0 Å². The van der Waals surface area contributed by atoms with Crippen molar-refractivity contribution in [2.24, 2.45) is 5.73 Å². The molecule has 0 spiro atoms. The summed E-state index contributed by atoms with van der Waals surface area (Å²) in [6, 6.07) is 12.7. The van der Waals surface area contributed by atoms with Crippen molar-refractivity contribution in [1.82, 2.24) is 0 Å². The number of para-hydroxylation sites is 1. The van der Waals surface area contributed by atoms with E-state index in [1.54, 1.807) is 12.1 Å². The molecule has 0 amide bonds. The second kappa shape index (κ2) is 6.49. The van der Waals surface area contributed by atoms with Crippen molar-refractivity contribution >= 4 is 23.2 Å². The molecule has 0 aromatic heterocycles. The lowest BCUT2D eigenvalue weighted by molar-refractivity contribution is 0.239. The van der Waals surface area contributed by atoms with Gasteiger partial charge in [0.1, 0.15) is 5.75 Å². The second-order valence-corrected chi connectivity index (χ2v) is 5.69. The molecule has 0 bridgehead atoms. The van der Waals surface area contributed by atoms with Crippen LogP contribution in [0.3, 0.4) is 0 Å². The van der Waals surface area contributed by atoms with E-state index in [0.29, 0.717) is 10.0 Å². The topological polar surface area (TPSA) is 35.2 Å². The summed E-state index contributed by atoms with van der Waals surface area (Å²) in [5, 5.41) is 1.15. The van der Waals surface area contributed by atoms with Crippen LogP contribution in [0.15, 0.2) is 42.5 Å². The third kappa shape index (κ3) is 3.45. The highest BCUT2D eigenvalue weighted by Crippen LogP contribution is 2.33. The molecule has 0 saturated carbocycles. The molecule has 2 aromatic carbocycles. The van der Waals surface area contributed by atoms with E-state index in [4.69, 9.17) is 33.7 Å². The molecule has 0 aliphatic carbocycles. The number of nitrogens with two attached hydrogens (primary N) is 1. The molecule has 0 aliphatic heterocycles. The van der Waals surface area contributed by atoms with Crippen molar-refractivity contribution < 1.29 is 4.74 Å². The Hall–Kier alpha value is -1.22. The first kappa shape index (κ1) is 15.2. The normalized spacial score (nSPS) is 12.5. The summed E-state index contributed by atoms with van der Waals surface area (Å²) in [4.78, 5) is 0. The fraction of sp³-hybridized carbons (Fsp3) is 0.250. The van der Waals surface area contributed by atoms with Crippen LogP contribution in [0.4, 0.5) is 0 Å². The Morgan fingerprint density at radius 3 is 2.35 bits per heavy atom. The zero-order valence-corrected chi connectivity index (χ0v) is 12.9. The van der Waals surface area contributed by atoms with E-state index in [-0.39, 0.29) is 12.1 Å². The average Bonchev–Trinajstić information content (AvgIpc) is 2.38. The third-order valence-electron chi connectivity index (χ3n) is 2.91. The minimum atomic E-state index is -0.352. The minimum Gasteiger partial charge on any atom is -0.491 e. The molecule has 20 heavy (non-hydrogen) atoms. The second-order valence-electron chi connectivity index (χ2n) is 4.85. The zero-order chi connectivity index (χ0) is 14.7. The number of benzene rings is 2. The van der Waals surface area contributed by atoms with Gasteiger partial charge in [-0.15, -0.1) is 0 Å². The SMILES string of the molecule is CC(C)Oc1ccccc1C(N)c1ccc(Cl)cc1Cl. The Labute approximate surface area is 129 Å². The Morgan fingerprint density at radius 1 is 1.00 bits per heavy atom. The van der Waals surface area contributed by atoms with Crippen LogP contribution in [0.5, 0.6) is 5.75 Å². The molecule has 0 heterocycles. The van der Waals surface area contributed by atoms with Gasteiger partial charge in [-0.05, 0) is 37.6 Å². The average molecular weight is 310 g/mol. The lowest BCUT2D eigenvalue weighted by Gasteiger charge is -2.20. The molecule has 1 atom stereocenters. The summed E-state index contributed by atoms with van der Waals surface area (Å²) in [6.07, 6.45) is 0.0871. The summed E-state index contributed by atoms with van der Waals surface area (Å²) in [7, 11) is 0. The van der Waals surface area contributed by atoms with E-state index in [0.717, 1.165) is 16.9 Å². The monoisotopic (exact) mass is 309 g/mol. The third-order valence-corrected chi connectivity index (χ3v) is 3.48. The molecule has 0 radical (unpaired) electrons. The highest BCUT2D eigenvalue weighted by Gasteiger charge is 2.17. The smallest absolute Gasteiger partial charge is 0.124 e. The van der Waals surface area contributed by atoms with Gasteiger partial charge in [0.15, 0.2) is 0 Å². The van der Waals surface area contributed by atoms with Crippen LogP contribution in [0, 0.1) is 0 Å². The fourth-order valence-corrected chi connectivity index (χ4v) is 2.55. The first-order valence-corrected chi connectivity index (χ1v) is 7.20. The summed E-state index contributed by atoms with van der Waals surface area (Å²) >= 11 is 12.1. The molecule has 2 N–H and O–H groups in total. The Balaban J connectivity index is 2.40. The van der Waals surface area contributed by atoms with E-state index in [9.17, 15) is 0 Å². The molecule has 1 unspecified atom stereocenters. The predicted octanol–water partition coefficient (Wildman–Crippen LogP) is 4.83. The number of ether oxygens (including phenoxy) is 1. The summed E-state index contributed by atoms with van der Waals surface area (Å²) < 4.78 is 5.80. The molecular formula is C16H17Cl2NO. The molecule has 4 heteroatoms. The highest BCUT2D eigenvalue weighted by atomic mass is 35.5. The van der Waals surface area contributed by atoms with Crippen LogP contribution in [0.1, 0.15) is 31.0 Å². The fourth-order valence-electron chi connectivity index (χ4n) is 2.02. The van der Waals surface area contributed by atoms with Crippen molar-refractivity contribution in [3.05, 3.63) is 63.6 Å². The molecule has 2 nitrogen and oxygen atoms in total. The van der Waals surface area contributed by atoms with Crippen molar-refractivity contribution in [1.29, 1.82) is 0 Å². The van der Waals surface area contributed by atoms with Gasteiger partial charge in [0.05, 0.1) is 12.1 Å². The maximum absolute atomic E-state index is 6.34. The van der Waals surface area contributed by atoms with Gasteiger partial charge in [-0.1, -0.05) is 47.5 Å². The van der Waals surface area contributed by atoms with E-state index >= 15 is 0 Å². The van der Waals surface area contributed by atoms with E-state index in [1.165, 1.54) is 0 Å². The predicted molar refractivity (Wildman–Crippen MR) is 84.7 cm³/mol. The summed E-state index contributed by atoms with van der Waals surface area (Å²) in [6.45, 7) is 3.97. The van der Waals surface area contributed by atoms with Crippen molar-refractivity contribution in [2.75, 3.05) is 0 Å². The molecule has 0 saturated heterocycles. The van der Waals surface area contributed by atoms with Gasteiger partial charge in [0.25, 0.3) is 0 Å². The maximum Gasteiger partial charge on any atom is 0.124 e. The minimum absolute atomic E-state index is 0.0871. The number of hydrogen-bond donors (Lipinski definition) is 1. The van der Waals surface area contributed by atoms with E-state index in [2.05, 4.69) is 0 Å². The number of hydrogen-bond acceptors (Lipinski definition) is 2. The van der Waals surface area contributed by atoms with Crippen LogP contribution in [0.25, 0.3) is 0 Å². The van der Waals surface area contributed by atoms with Crippen LogP contribution >= 0.6 is 23.2 Å². The standard InChI is InChI=1S/C16H17Cl2NO/c1-10(2)20-15-6-4-3-5-13(15)16(19)12-8-7-11(17)9-14(12)18/h3-10,16H,19H2,1-2H3. The van der Waals surface area contributed by atoms with Gasteiger partial charge < -0.3 is 10.5 Å². The summed E-state index contributed by atoms with van der Waals surface area (Å²) in [5.41, 5.74) is 8.07. The molecule has 106 valence electrons. The molecule has 0 aliphatic rings. The maximum atomic E-state index is 6.34. The Kier molecular flexibility index (Phi) is 4.92.